The summed E-state index contributed by atoms with van der Waals surface area (Å²) < 4.78 is 18.5. The number of rotatable bonds is 7. The van der Waals surface area contributed by atoms with Crippen molar-refractivity contribution in [2.24, 2.45) is 0 Å². The normalized spacial score (nSPS) is 11.1. The van der Waals surface area contributed by atoms with Crippen LogP contribution in [0, 0.1) is 5.82 Å². The molecule has 0 heterocycles. The van der Waals surface area contributed by atoms with Crippen molar-refractivity contribution in [2.45, 2.75) is 13.2 Å². The van der Waals surface area contributed by atoms with E-state index in [4.69, 9.17) is 14.9 Å². The van der Waals surface area contributed by atoms with Crippen LogP contribution in [0.1, 0.15) is 11.1 Å². The molecule has 2 aromatic carbocycles. The van der Waals surface area contributed by atoms with Crippen LogP contribution in [-0.2, 0) is 22.7 Å². The molecular formula is C19H18FNO5. The monoisotopic (exact) mass is 359 g/mol. The molecule has 0 atom stereocenters. The molecule has 26 heavy (non-hydrogen) atoms. The number of benzene rings is 2. The summed E-state index contributed by atoms with van der Waals surface area (Å²) in [6.07, 6.45) is 0.650. The molecule has 0 saturated heterocycles. The number of hydrogen-bond donors (Lipinski definition) is 2. The van der Waals surface area contributed by atoms with Gasteiger partial charge in [-0.25, -0.2) is 9.18 Å². The van der Waals surface area contributed by atoms with Gasteiger partial charge in [0.25, 0.3) is 5.91 Å². The average Bonchev–Trinajstić information content (AvgIpc) is 2.61. The van der Waals surface area contributed by atoms with Crippen molar-refractivity contribution in [3.8, 4) is 5.75 Å². The Bertz CT molecular complexity index is 817. The Morgan fingerprint density at radius 1 is 1.12 bits per heavy atom. The van der Waals surface area contributed by atoms with Gasteiger partial charge >= 0.3 is 5.97 Å². The minimum Gasteiger partial charge on any atom is -0.502 e. The lowest BCUT2D eigenvalue weighted by Crippen LogP contribution is -2.25. The van der Waals surface area contributed by atoms with Crippen LogP contribution in [0.5, 0.6) is 5.75 Å². The van der Waals surface area contributed by atoms with Crippen LogP contribution in [0.4, 0.5) is 4.39 Å². The van der Waals surface area contributed by atoms with Gasteiger partial charge in [-0.05, 0) is 35.4 Å². The third kappa shape index (κ3) is 5.62. The maximum absolute atomic E-state index is 12.9. The third-order valence-electron chi connectivity index (χ3n) is 3.49. The Morgan fingerprint density at radius 2 is 1.81 bits per heavy atom. The van der Waals surface area contributed by atoms with Gasteiger partial charge in [0, 0.05) is 13.6 Å². The van der Waals surface area contributed by atoms with Gasteiger partial charge in [0.15, 0.2) is 0 Å². The second kappa shape index (κ2) is 8.66. The topological polar surface area (TPSA) is 87.1 Å². The first-order valence-electron chi connectivity index (χ1n) is 7.70. The highest BCUT2D eigenvalue weighted by atomic mass is 19.1. The second-order valence-electron chi connectivity index (χ2n) is 5.59. The van der Waals surface area contributed by atoms with E-state index in [0.717, 1.165) is 11.1 Å². The van der Waals surface area contributed by atoms with Gasteiger partial charge in [-0.15, -0.1) is 0 Å². The SMILES string of the molecule is CN(Cc1cccc(OCc2ccc(F)cc2)c1)C(=O)C=C(O)C(=O)O. The van der Waals surface area contributed by atoms with Crippen molar-refractivity contribution in [1.29, 1.82) is 0 Å². The van der Waals surface area contributed by atoms with Crippen LogP contribution >= 0.6 is 0 Å². The van der Waals surface area contributed by atoms with Crippen molar-refractivity contribution >= 4 is 11.9 Å². The summed E-state index contributed by atoms with van der Waals surface area (Å²) >= 11 is 0. The Labute approximate surface area is 149 Å². The largest absolute Gasteiger partial charge is 0.502 e. The lowest BCUT2D eigenvalue weighted by Gasteiger charge is -2.16. The standard InChI is InChI=1S/C19H18FNO5/c1-21(18(23)10-17(22)19(24)25)11-14-3-2-4-16(9-14)26-12-13-5-7-15(20)8-6-13/h2-10,22H,11-12H2,1H3,(H,24,25). The zero-order valence-corrected chi connectivity index (χ0v) is 14.1. The highest BCUT2D eigenvalue weighted by molar-refractivity contribution is 5.95. The fraction of sp³-hybridized carbons (Fsp3) is 0.158. The maximum atomic E-state index is 12.9. The smallest absolute Gasteiger partial charge is 0.371 e. The van der Waals surface area contributed by atoms with Gasteiger partial charge in [0.2, 0.25) is 5.76 Å². The van der Waals surface area contributed by atoms with Gasteiger partial charge < -0.3 is 19.8 Å². The lowest BCUT2D eigenvalue weighted by molar-refractivity contribution is -0.136. The van der Waals surface area contributed by atoms with E-state index in [1.165, 1.54) is 24.1 Å². The second-order valence-corrected chi connectivity index (χ2v) is 5.59. The summed E-state index contributed by atoms with van der Waals surface area (Å²) in [4.78, 5) is 23.7. The number of aliphatic hydroxyl groups is 1. The quantitative estimate of drug-likeness (QED) is 0.586. The molecule has 0 saturated carbocycles. The van der Waals surface area contributed by atoms with Crippen molar-refractivity contribution in [1.82, 2.24) is 4.90 Å². The van der Waals surface area contributed by atoms with Crippen LogP contribution in [0.2, 0.25) is 0 Å². The summed E-state index contributed by atoms with van der Waals surface area (Å²) in [5.74, 6) is -2.95. The van der Waals surface area contributed by atoms with Crippen LogP contribution in [0.3, 0.4) is 0 Å². The van der Waals surface area contributed by atoms with Crippen LogP contribution in [0.25, 0.3) is 0 Å². The van der Waals surface area contributed by atoms with E-state index < -0.39 is 17.6 Å². The summed E-state index contributed by atoms with van der Waals surface area (Å²) in [7, 11) is 1.49. The minimum absolute atomic E-state index is 0.204. The molecule has 0 aliphatic carbocycles. The van der Waals surface area contributed by atoms with Gasteiger partial charge in [-0.3, -0.25) is 4.79 Å². The van der Waals surface area contributed by atoms with Crippen molar-refractivity contribution in [3.63, 3.8) is 0 Å². The fourth-order valence-electron chi connectivity index (χ4n) is 2.12. The molecule has 136 valence electrons. The number of halogens is 1. The van der Waals surface area contributed by atoms with Crippen molar-refractivity contribution in [2.75, 3.05) is 7.05 Å². The minimum atomic E-state index is -1.57. The Morgan fingerprint density at radius 3 is 2.46 bits per heavy atom. The number of carbonyl (C=O) groups is 2. The van der Waals surface area contributed by atoms with E-state index in [1.807, 2.05) is 0 Å². The fourth-order valence-corrected chi connectivity index (χ4v) is 2.12. The van der Waals surface area contributed by atoms with Crippen LogP contribution < -0.4 is 4.74 Å². The number of ether oxygens (including phenoxy) is 1. The first-order valence-corrected chi connectivity index (χ1v) is 7.70. The molecule has 0 unspecified atom stereocenters. The Hall–Kier alpha value is -3.35. The van der Waals surface area contributed by atoms with E-state index in [0.29, 0.717) is 11.8 Å². The number of nitrogens with zero attached hydrogens (tertiary/aromatic N) is 1. The zero-order valence-electron chi connectivity index (χ0n) is 14.1. The molecule has 0 bridgehead atoms. The number of carboxylic acid groups (broad SMARTS) is 1. The number of aliphatic hydroxyl groups excluding tert-OH is 1. The van der Waals surface area contributed by atoms with E-state index in [2.05, 4.69) is 0 Å². The highest BCUT2D eigenvalue weighted by Crippen LogP contribution is 2.17. The third-order valence-corrected chi connectivity index (χ3v) is 3.49. The maximum Gasteiger partial charge on any atom is 0.371 e. The molecule has 0 aliphatic heterocycles. The summed E-state index contributed by atoms with van der Waals surface area (Å²) in [5.41, 5.74) is 1.58. The summed E-state index contributed by atoms with van der Waals surface area (Å²) in [6, 6.07) is 13.0. The molecule has 7 heteroatoms. The molecule has 0 aromatic heterocycles. The number of likely N-dealkylation sites (N-methyl/N-ethyl adjacent to an activating group) is 1. The Balaban J connectivity index is 1.97. The van der Waals surface area contributed by atoms with E-state index in [1.54, 1.807) is 36.4 Å². The lowest BCUT2D eigenvalue weighted by atomic mass is 10.2. The van der Waals surface area contributed by atoms with E-state index >= 15 is 0 Å². The number of carboxylic acids is 1. The van der Waals surface area contributed by atoms with Crippen molar-refractivity contribution < 1.29 is 28.9 Å². The molecule has 2 aromatic rings. The molecule has 0 fully saturated rings. The molecule has 2 N–H and O–H groups in total. The van der Waals surface area contributed by atoms with Crippen molar-refractivity contribution in [3.05, 3.63) is 77.3 Å². The molecule has 2 rings (SSSR count). The van der Waals surface area contributed by atoms with Gasteiger partial charge in [0.05, 0.1) is 6.08 Å². The molecule has 1 amide bonds. The zero-order chi connectivity index (χ0) is 19.1. The molecule has 0 aliphatic rings. The van der Waals surface area contributed by atoms with E-state index in [-0.39, 0.29) is 19.0 Å². The highest BCUT2D eigenvalue weighted by Gasteiger charge is 2.12. The van der Waals surface area contributed by atoms with Gasteiger partial charge in [-0.2, -0.15) is 0 Å². The number of carbonyl (C=O) groups excluding carboxylic acids is 1. The molecule has 0 spiro atoms. The van der Waals surface area contributed by atoms with Crippen LogP contribution in [-0.4, -0.2) is 34.0 Å². The average molecular weight is 359 g/mol. The van der Waals surface area contributed by atoms with Gasteiger partial charge in [0.1, 0.15) is 18.2 Å². The number of aliphatic carboxylic acids is 1. The number of hydrogen-bond acceptors (Lipinski definition) is 4. The summed E-state index contributed by atoms with van der Waals surface area (Å²) in [5, 5.41) is 17.7. The van der Waals surface area contributed by atoms with Crippen LogP contribution in [0.15, 0.2) is 60.4 Å². The first-order chi connectivity index (χ1) is 12.3. The number of amides is 1. The first kappa shape index (κ1) is 19.0. The molecule has 0 radical (unpaired) electrons. The predicted molar refractivity (Wildman–Crippen MR) is 92.0 cm³/mol. The summed E-state index contributed by atoms with van der Waals surface area (Å²) in [6.45, 7) is 0.476. The predicted octanol–water partition coefficient (Wildman–Crippen LogP) is 2.89. The Kier molecular flexibility index (Phi) is 6.32. The molecule has 6 nitrogen and oxygen atoms in total. The van der Waals surface area contributed by atoms with Gasteiger partial charge in [-0.1, -0.05) is 24.3 Å². The molecular weight excluding hydrogens is 341 g/mol. The van der Waals surface area contributed by atoms with E-state index in [9.17, 15) is 14.0 Å².